The van der Waals surface area contributed by atoms with Gasteiger partial charge in [0.1, 0.15) is 12.1 Å². The van der Waals surface area contributed by atoms with Crippen LogP contribution in [0.3, 0.4) is 0 Å². The maximum absolute atomic E-state index is 9.96. The lowest BCUT2D eigenvalue weighted by Gasteiger charge is -2.20. The van der Waals surface area contributed by atoms with Gasteiger partial charge in [0.25, 0.3) is 0 Å². The van der Waals surface area contributed by atoms with Gasteiger partial charge in [-0.3, -0.25) is 0 Å². The van der Waals surface area contributed by atoms with Crippen LogP contribution in [-0.4, -0.2) is 4.57 Å². The van der Waals surface area contributed by atoms with Gasteiger partial charge in [-0.05, 0) is 91.0 Å². The Hall–Kier alpha value is -6.94. The van der Waals surface area contributed by atoms with Gasteiger partial charge >= 0.3 is 0 Å². The first kappa shape index (κ1) is 27.2. The molecule has 0 aliphatic heterocycles. The molecule has 49 heavy (non-hydrogen) atoms. The number of hydrogen-bond donors (Lipinski definition) is 0. The fraction of sp³-hybridized carbons (Fsp3) is 0. The highest BCUT2D eigenvalue weighted by Crippen LogP contribution is 2.59. The summed E-state index contributed by atoms with van der Waals surface area (Å²) in [6.07, 6.45) is 0. The van der Waals surface area contributed by atoms with E-state index >= 15 is 0 Å². The van der Waals surface area contributed by atoms with Crippen molar-refractivity contribution in [3.8, 4) is 62.3 Å². The molecule has 1 aliphatic rings. The maximum atomic E-state index is 9.96. The standard InChI is InChI=1S/C46H25N3/c47-26-30-22-23-32(24-31(30)27-48)49-40-21-10-9-16-33(40)38-25-39-43-36(19-11-20-37(43)46(38)49)44-41(28-12-3-1-4-13-28)34-17-7-8-18-35(34)42(45(39)44)29-14-5-2-6-15-29/h1-25H. The summed E-state index contributed by atoms with van der Waals surface area (Å²) in [5, 5.41) is 26.8. The Labute approximate surface area is 282 Å². The van der Waals surface area contributed by atoms with Crippen LogP contribution in [0.4, 0.5) is 0 Å². The molecule has 0 atom stereocenters. The van der Waals surface area contributed by atoms with E-state index in [9.17, 15) is 10.5 Å². The van der Waals surface area contributed by atoms with E-state index in [1.165, 1.54) is 60.7 Å². The molecule has 9 aromatic rings. The zero-order valence-corrected chi connectivity index (χ0v) is 26.3. The average Bonchev–Trinajstić information content (AvgIpc) is 3.68. The third-order valence-corrected chi connectivity index (χ3v) is 10.2. The molecule has 0 saturated carbocycles. The number of hydrogen-bond acceptors (Lipinski definition) is 2. The number of fused-ring (bicyclic) bond motifs is 8. The molecule has 3 heteroatoms. The van der Waals surface area contributed by atoms with Crippen molar-refractivity contribution < 1.29 is 0 Å². The summed E-state index contributed by atoms with van der Waals surface area (Å²) in [5.41, 5.74) is 13.6. The van der Waals surface area contributed by atoms with Crippen molar-refractivity contribution in [1.82, 2.24) is 4.57 Å². The Bertz CT molecular complexity index is 2940. The number of para-hydroxylation sites is 1. The Kier molecular flexibility index (Phi) is 5.71. The van der Waals surface area contributed by atoms with Gasteiger partial charge in [0.05, 0.1) is 22.2 Å². The molecule has 0 amide bonds. The fourth-order valence-corrected chi connectivity index (χ4v) is 8.25. The lowest BCUT2D eigenvalue weighted by atomic mass is 9.82. The highest BCUT2D eigenvalue weighted by atomic mass is 15.0. The Morgan fingerprint density at radius 3 is 1.63 bits per heavy atom. The van der Waals surface area contributed by atoms with Crippen LogP contribution in [0.1, 0.15) is 11.1 Å². The van der Waals surface area contributed by atoms with Crippen LogP contribution in [0.15, 0.2) is 152 Å². The lowest BCUT2D eigenvalue weighted by molar-refractivity contribution is 1.18. The van der Waals surface area contributed by atoms with Crippen molar-refractivity contribution in [1.29, 1.82) is 10.5 Å². The van der Waals surface area contributed by atoms with Gasteiger partial charge in [0.2, 0.25) is 0 Å². The van der Waals surface area contributed by atoms with E-state index in [2.05, 4.69) is 150 Å². The third kappa shape index (κ3) is 3.70. The largest absolute Gasteiger partial charge is 0.309 e. The second-order valence-corrected chi connectivity index (χ2v) is 12.6. The van der Waals surface area contributed by atoms with Gasteiger partial charge in [-0.25, -0.2) is 0 Å². The molecule has 0 radical (unpaired) electrons. The van der Waals surface area contributed by atoms with Gasteiger partial charge in [-0.2, -0.15) is 10.5 Å². The summed E-state index contributed by atoms with van der Waals surface area (Å²) in [6, 6.07) is 58.0. The van der Waals surface area contributed by atoms with Crippen LogP contribution in [0, 0.1) is 22.7 Å². The van der Waals surface area contributed by atoms with Gasteiger partial charge in [-0.15, -0.1) is 0 Å². The van der Waals surface area contributed by atoms with Crippen molar-refractivity contribution in [2.24, 2.45) is 0 Å². The monoisotopic (exact) mass is 619 g/mol. The number of aromatic nitrogens is 1. The van der Waals surface area contributed by atoms with Gasteiger partial charge in [0, 0.05) is 21.8 Å². The van der Waals surface area contributed by atoms with Crippen LogP contribution >= 0.6 is 0 Å². The second kappa shape index (κ2) is 10.3. The third-order valence-electron chi connectivity index (χ3n) is 10.2. The quantitative estimate of drug-likeness (QED) is 0.198. The summed E-state index contributed by atoms with van der Waals surface area (Å²) in [5.74, 6) is 0. The highest BCUT2D eigenvalue weighted by Gasteiger charge is 2.32. The number of nitrogens with zero attached hydrogens (tertiary/aromatic N) is 3. The fourth-order valence-electron chi connectivity index (χ4n) is 8.25. The van der Waals surface area contributed by atoms with Crippen molar-refractivity contribution in [2.45, 2.75) is 0 Å². The Morgan fingerprint density at radius 1 is 0.408 bits per heavy atom. The topological polar surface area (TPSA) is 52.5 Å². The van der Waals surface area contributed by atoms with Crippen molar-refractivity contribution in [3.05, 3.63) is 163 Å². The van der Waals surface area contributed by atoms with E-state index in [1.807, 2.05) is 12.1 Å². The molecular weight excluding hydrogens is 595 g/mol. The van der Waals surface area contributed by atoms with Crippen molar-refractivity contribution in [3.63, 3.8) is 0 Å². The molecule has 1 heterocycles. The van der Waals surface area contributed by atoms with Crippen LogP contribution in [0.25, 0.3) is 93.5 Å². The van der Waals surface area contributed by atoms with E-state index in [1.54, 1.807) is 6.07 Å². The molecule has 3 nitrogen and oxygen atoms in total. The summed E-state index contributed by atoms with van der Waals surface area (Å²) in [6.45, 7) is 0. The van der Waals surface area contributed by atoms with Gasteiger partial charge in [0.15, 0.2) is 0 Å². The predicted octanol–water partition coefficient (Wildman–Crippen LogP) is 11.8. The van der Waals surface area contributed by atoms with Crippen molar-refractivity contribution >= 4 is 43.4 Å². The first-order chi connectivity index (χ1) is 24.3. The highest BCUT2D eigenvalue weighted by molar-refractivity contribution is 6.32. The zero-order valence-electron chi connectivity index (χ0n) is 26.3. The first-order valence-corrected chi connectivity index (χ1v) is 16.4. The minimum absolute atomic E-state index is 0.371. The van der Waals surface area contributed by atoms with E-state index in [0.717, 1.165) is 32.9 Å². The SMILES string of the molecule is N#Cc1ccc(-n2c3ccccc3c3cc4c5c(cccc5c32)-c2c-4c(-c3ccccc3)c3ccccc3c2-c2ccccc2)cc1C#N. The van der Waals surface area contributed by atoms with E-state index in [4.69, 9.17) is 0 Å². The molecule has 0 spiro atoms. The van der Waals surface area contributed by atoms with Crippen LogP contribution < -0.4 is 0 Å². The summed E-state index contributed by atoms with van der Waals surface area (Å²) in [4.78, 5) is 0. The molecule has 0 saturated heterocycles. The number of nitriles is 2. The van der Waals surface area contributed by atoms with Crippen LogP contribution in [0.5, 0.6) is 0 Å². The van der Waals surface area contributed by atoms with E-state index in [-0.39, 0.29) is 0 Å². The molecule has 0 N–H and O–H groups in total. The molecule has 1 aliphatic carbocycles. The average molecular weight is 620 g/mol. The molecule has 10 rings (SSSR count). The van der Waals surface area contributed by atoms with E-state index in [0.29, 0.717) is 11.1 Å². The van der Waals surface area contributed by atoms with Crippen molar-refractivity contribution in [2.75, 3.05) is 0 Å². The molecular formula is C46H25N3. The summed E-state index contributed by atoms with van der Waals surface area (Å²) in [7, 11) is 0. The number of benzene rings is 8. The minimum atomic E-state index is 0.371. The Morgan fingerprint density at radius 2 is 0.980 bits per heavy atom. The summed E-state index contributed by atoms with van der Waals surface area (Å²) < 4.78 is 2.27. The zero-order chi connectivity index (χ0) is 32.6. The lowest BCUT2D eigenvalue weighted by Crippen LogP contribution is -1.97. The van der Waals surface area contributed by atoms with Crippen LogP contribution in [-0.2, 0) is 0 Å². The Balaban J connectivity index is 1.43. The minimum Gasteiger partial charge on any atom is -0.309 e. The smallest absolute Gasteiger partial charge is 0.101 e. The molecule has 0 bridgehead atoms. The van der Waals surface area contributed by atoms with Crippen LogP contribution in [0.2, 0.25) is 0 Å². The summed E-state index contributed by atoms with van der Waals surface area (Å²) >= 11 is 0. The number of rotatable bonds is 3. The van der Waals surface area contributed by atoms with Gasteiger partial charge in [-0.1, -0.05) is 121 Å². The second-order valence-electron chi connectivity index (χ2n) is 12.6. The molecule has 8 aromatic carbocycles. The molecule has 0 fully saturated rings. The normalized spacial score (nSPS) is 11.6. The first-order valence-electron chi connectivity index (χ1n) is 16.4. The molecule has 224 valence electrons. The maximum Gasteiger partial charge on any atom is 0.101 e. The van der Waals surface area contributed by atoms with E-state index < -0.39 is 0 Å². The predicted molar refractivity (Wildman–Crippen MR) is 201 cm³/mol. The molecule has 0 unspecified atom stereocenters. The molecule has 1 aromatic heterocycles. The van der Waals surface area contributed by atoms with Gasteiger partial charge < -0.3 is 4.57 Å².